The molecule has 0 aliphatic rings. The Morgan fingerprint density at radius 2 is 1.96 bits per heavy atom. The molecular weight excluding hydrogens is 288 g/mol. The van der Waals surface area contributed by atoms with E-state index in [4.69, 9.17) is 0 Å². The molecule has 1 aromatic carbocycles. The van der Waals surface area contributed by atoms with Gasteiger partial charge in [-0.1, -0.05) is 44.2 Å². The summed E-state index contributed by atoms with van der Waals surface area (Å²) in [5.41, 5.74) is 1.77. The molecule has 0 spiro atoms. The van der Waals surface area contributed by atoms with Crippen molar-refractivity contribution in [3.63, 3.8) is 0 Å². The van der Waals surface area contributed by atoms with Crippen molar-refractivity contribution in [1.29, 1.82) is 0 Å². The third-order valence-corrected chi connectivity index (χ3v) is 4.08. The number of aromatic nitrogens is 2. The van der Waals surface area contributed by atoms with E-state index < -0.39 is 0 Å². The number of nitrogens with one attached hydrogen (secondary N) is 1. The van der Waals surface area contributed by atoms with Crippen LogP contribution >= 0.6 is 0 Å². The third kappa shape index (κ3) is 4.93. The maximum Gasteiger partial charge on any atom is 0.254 e. The third-order valence-electron chi connectivity index (χ3n) is 4.08. The monoisotopic (exact) mass is 314 g/mol. The van der Waals surface area contributed by atoms with Crippen LogP contribution in [-0.2, 0) is 6.54 Å². The van der Waals surface area contributed by atoms with Gasteiger partial charge in [0.2, 0.25) is 0 Å². The first kappa shape index (κ1) is 17.2. The van der Waals surface area contributed by atoms with Crippen LogP contribution in [-0.4, -0.2) is 46.3 Å². The summed E-state index contributed by atoms with van der Waals surface area (Å²) in [7, 11) is 0. The summed E-state index contributed by atoms with van der Waals surface area (Å²) < 4.78 is 1.79. The lowest BCUT2D eigenvalue weighted by Gasteiger charge is -2.26. The molecule has 0 saturated heterocycles. The fraction of sp³-hybridized carbons (Fsp3) is 0.444. The molecule has 0 bridgehead atoms. The van der Waals surface area contributed by atoms with Crippen LogP contribution in [0.25, 0.3) is 0 Å². The van der Waals surface area contributed by atoms with Gasteiger partial charge in [0.05, 0.1) is 18.3 Å². The van der Waals surface area contributed by atoms with Gasteiger partial charge in [-0.2, -0.15) is 5.10 Å². The van der Waals surface area contributed by atoms with Crippen molar-refractivity contribution in [1.82, 2.24) is 20.0 Å². The Bertz CT molecular complexity index is 604. The summed E-state index contributed by atoms with van der Waals surface area (Å²) in [4.78, 5) is 14.5. The van der Waals surface area contributed by atoms with Crippen LogP contribution in [0.1, 0.15) is 36.7 Å². The average Bonchev–Trinajstić information content (AvgIpc) is 3.03. The molecule has 124 valence electrons. The number of nitrogens with zero attached hydrogens (tertiary/aromatic N) is 3. The van der Waals surface area contributed by atoms with Crippen molar-refractivity contribution in [3.05, 3.63) is 53.9 Å². The molecule has 0 saturated carbocycles. The van der Waals surface area contributed by atoms with Gasteiger partial charge in [-0.05, 0) is 25.6 Å². The summed E-state index contributed by atoms with van der Waals surface area (Å²) in [6.07, 6.45) is 3.42. The summed E-state index contributed by atoms with van der Waals surface area (Å²) in [5.74, 6) is -0.0664. The Labute approximate surface area is 138 Å². The van der Waals surface area contributed by atoms with Crippen LogP contribution in [0.15, 0.2) is 42.7 Å². The Kier molecular flexibility index (Phi) is 6.35. The Morgan fingerprint density at radius 1 is 1.26 bits per heavy atom. The highest BCUT2D eigenvalue weighted by Gasteiger charge is 2.13. The van der Waals surface area contributed by atoms with Gasteiger partial charge in [0.1, 0.15) is 0 Å². The molecule has 5 nitrogen and oxygen atoms in total. The Morgan fingerprint density at radius 3 is 2.61 bits per heavy atom. The molecule has 23 heavy (non-hydrogen) atoms. The maximum absolute atomic E-state index is 12.2. The molecule has 0 radical (unpaired) electrons. The van der Waals surface area contributed by atoms with Crippen molar-refractivity contribution in [2.75, 3.05) is 19.6 Å². The van der Waals surface area contributed by atoms with Gasteiger partial charge < -0.3 is 5.32 Å². The molecule has 1 atom stereocenters. The molecule has 1 heterocycles. The molecular formula is C18H26N4O. The van der Waals surface area contributed by atoms with E-state index in [2.05, 4.69) is 36.1 Å². The summed E-state index contributed by atoms with van der Waals surface area (Å²) >= 11 is 0. The largest absolute Gasteiger partial charge is 0.350 e. The lowest BCUT2D eigenvalue weighted by Crippen LogP contribution is -2.41. The number of hydrogen-bond acceptors (Lipinski definition) is 3. The number of hydrogen-bond donors (Lipinski definition) is 1. The lowest BCUT2D eigenvalue weighted by atomic mass is 10.2. The maximum atomic E-state index is 12.2. The van der Waals surface area contributed by atoms with Gasteiger partial charge in [-0.3, -0.25) is 14.4 Å². The van der Waals surface area contributed by atoms with Gasteiger partial charge in [-0.15, -0.1) is 0 Å². The van der Waals surface area contributed by atoms with Gasteiger partial charge in [0, 0.05) is 18.8 Å². The fourth-order valence-corrected chi connectivity index (χ4v) is 2.66. The molecule has 0 fully saturated rings. The molecule has 5 heteroatoms. The number of amides is 1. The molecule has 1 unspecified atom stereocenters. The number of benzene rings is 1. The average molecular weight is 314 g/mol. The van der Waals surface area contributed by atoms with Gasteiger partial charge >= 0.3 is 0 Å². The first-order valence-electron chi connectivity index (χ1n) is 8.22. The van der Waals surface area contributed by atoms with E-state index in [-0.39, 0.29) is 5.91 Å². The predicted octanol–water partition coefficient (Wildman–Crippen LogP) is 2.39. The van der Waals surface area contributed by atoms with Gasteiger partial charge in [0.15, 0.2) is 0 Å². The van der Waals surface area contributed by atoms with Crippen LogP contribution in [0, 0.1) is 0 Å². The summed E-state index contributed by atoms with van der Waals surface area (Å²) in [5, 5.41) is 7.26. The van der Waals surface area contributed by atoms with Crippen molar-refractivity contribution >= 4 is 5.91 Å². The second-order valence-corrected chi connectivity index (χ2v) is 5.69. The Balaban J connectivity index is 1.88. The minimum Gasteiger partial charge on any atom is -0.350 e. The standard InChI is InChI=1S/C18H26N4O/c1-4-21(5-2)15(3)11-19-18(23)17-12-20-22(14-17)13-16-9-7-6-8-10-16/h6-10,12,14-15H,4-5,11,13H2,1-3H3,(H,19,23). The first-order valence-corrected chi connectivity index (χ1v) is 8.22. The van der Waals surface area contributed by atoms with Crippen molar-refractivity contribution in [2.45, 2.75) is 33.4 Å². The van der Waals surface area contributed by atoms with E-state index in [0.717, 1.165) is 18.7 Å². The molecule has 1 amide bonds. The van der Waals surface area contributed by atoms with E-state index in [1.54, 1.807) is 17.1 Å². The normalized spacial score (nSPS) is 12.3. The zero-order valence-electron chi connectivity index (χ0n) is 14.2. The van der Waals surface area contributed by atoms with E-state index in [0.29, 0.717) is 24.7 Å². The topological polar surface area (TPSA) is 50.2 Å². The molecule has 1 N–H and O–H groups in total. The summed E-state index contributed by atoms with van der Waals surface area (Å²) in [6.45, 7) is 9.69. The van der Waals surface area contributed by atoms with E-state index in [1.165, 1.54) is 0 Å². The van der Waals surface area contributed by atoms with Gasteiger partial charge in [-0.25, -0.2) is 0 Å². The zero-order chi connectivity index (χ0) is 16.7. The molecule has 0 aliphatic carbocycles. The lowest BCUT2D eigenvalue weighted by molar-refractivity contribution is 0.0938. The molecule has 2 aromatic rings. The predicted molar refractivity (Wildman–Crippen MR) is 92.5 cm³/mol. The van der Waals surface area contributed by atoms with Crippen molar-refractivity contribution in [2.24, 2.45) is 0 Å². The van der Waals surface area contributed by atoms with Crippen LogP contribution in [0.5, 0.6) is 0 Å². The van der Waals surface area contributed by atoms with E-state index in [9.17, 15) is 4.79 Å². The van der Waals surface area contributed by atoms with Crippen LogP contribution in [0.2, 0.25) is 0 Å². The number of carbonyl (C=O) groups is 1. The highest BCUT2D eigenvalue weighted by Crippen LogP contribution is 2.04. The highest BCUT2D eigenvalue weighted by atomic mass is 16.1. The van der Waals surface area contributed by atoms with Gasteiger partial charge in [0.25, 0.3) is 5.91 Å². The van der Waals surface area contributed by atoms with Crippen LogP contribution < -0.4 is 5.32 Å². The zero-order valence-corrected chi connectivity index (χ0v) is 14.2. The smallest absolute Gasteiger partial charge is 0.254 e. The number of carbonyl (C=O) groups excluding carboxylic acids is 1. The quantitative estimate of drug-likeness (QED) is 0.814. The van der Waals surface area contributed by atoms with Crippen LogP contribution in [0.3, 0.4) is 0 Å². The first-order chi connectivity index (χ1) is 11.1. The van der Waals surface area contributed by atoms with E-state index in [1.807, 2.05) is 30.3 Å². The Hall–Kier alpha value is -2.14. The second kappa shape index (κ2) is 8.48. The fourth-order valence-electron chi connectivity index (χ4n) is 2.66. The molecule has 1 aromatic heterocycles. The van der Waals surface area contributed by atoms with Crippen LogP contribution in [0.4, 0.5) is 0 Å². The number of likely N-dealkylation sites (N-methyl/N-ethyl adjacent to an activating group) is 1. The van der Waals surface area contributed by atoms with E-state index >= 15 is 0 Å². The number of rotatable bonds is 8. The van der Waals surface area contributed by atoms with Crippen molar-refractivity contribution in [3.8, 4) is 0 Å². The summed E-state index contributed by atoms with van der Waals surface area (Å²) in [6, 6.07) is 10.4. The minimum absolute atomic E-state index is 0.0664. The minimum atomic E-state index is -0.0664. The molecule has 0 aliphatic heterocycles. The second-order valence-electron chi connectivity index (χ2n) is 5.69. The SMILES string of the molecule is CCN(CC)C(C)CNC(=O)c1cnn(Cc2ccccc2)c1. The highest BCUT2D eigenvalue weighted by molar-refractivity contribution is 5.93. The van der Waals surface area contributed by atoms with Crippen molar-refractivity contribution < 1.29 is 4.79 Å². The molecule has 2 rings (SSSR count).